The molecule has 1 heterocycles. The normalized spacial score (nSPS) is 16.5. The number of halogens is 1. The van der Waals surface area contributed by atoms with E-state index in [2.05, 4.69) is 15.9 Å². The van der Waals surface area contributed by atoms with Gasteiger partial charge in [0, 0.05) is 24.0 Å². The molecular formula is C15H18BrNO4. The number of amides is 1. The van der Waals surface area contributed by atoms with Gasteiger partial charge in [-0.15, -0.1) is 0 Å². The zero-order valence-corrected chi connectivity index (χ0v) is 13.2. The number of morpholine rings is 1. The molecule has 0 bridgehead atoms. The quantitative estimate of drug-likeness (QED) is 0.876. The van der Waals surface area contributed by atoms with E-state index in [4.69, 9.17) is 4.74 Å². The Morgan fingerprint density at radius 3 is 2.43 bits per heavy atom. The van der Waals surface area contributed by atoms with Crippen LogP contribution in [0.15, 0.2) is 28.7 Å². The summed E-state index contributed by atoms with van der Waals surface area (Å²) < 4.78 is 6.14. The number of rotatable bonds is 5. The summed E-state index contributed by atoms with van der Waals surface area (Å²) in [4.78, 5) is 25.2. The van der Waals surface area contributed by atoms with Gasteiger partial charge < -0.3 is 14.7 Å². The molecule has 6 heteroatoms. The molecule has 2 rings (SSSR count). The highest BCUT2D eigenvalue weighted by molar-refractivity contribution is 9.10. The number of ether oxygens (including phenoxy) is 1. The Kier molecular flexibility index (Phi) is 5.76. The molecule has 0 radical (unpaired) electrons. The summed E-state index contributed by atoms with van der Waals surface area (Å²) in [5.41, 5.74) is 0.917. The van der Waals surface area contributed by atoms with Crippen molar-refractivity contribution in [2.75, 3.05) is 26.3 Å². The fraction of sp³-hybridized carbons (Fsp3) is 0.467. The first-order valence-electron chi connectivity index (χ1n) is 6.89. The number of carbonyl (C=O) groups excluding carboxylic acids is 1. The molecule has 1 aliphatic heterocycles. The van der Waals surface area contributed by atoms with Gasteiger partial charge in [-0.05, 0) is 24.1 Å². The Hall–Kier alpha value is -1.40. The van der Waals surface area contributed by atoms with Gasteiger partial charge in [-0.3, -0.25) is 9.59 Å². The number of hydrogen-bond donors (Lipinski definition) is 1. The van der Waals surface area contributed by atoms with Gasteiger partial charge in [-0.1, -0.05) is 28.1 Å². The minimum Gasteiger partial charge on any atom is -0.481 e. The van der Waals surface area contributed by atoms with Crippen LogP contribution >= 0.6 is 15.9 Å². The summed E-state index contributed by atoms with van der Waals surface area (Å²) in [5, 5.41) is 9.33. The molecule has 1 fully saturated rings. The molecule has 0 aromatic heterocycles. The second-order valence-corrected chi connectivity index (χ2v) is 5.98. The van der Waals surface area contributed by atoms with Crippen molar-refractivity contribution in [3.05, 3.63) is 34.3 Å². The SMILES string of the molecule is O=C(O)C(CC(=O)N1CCOCC1)Cc1ccc(Br)cc1. The lowest BCUT2D eigenvalue weighted by Crippen LogP contribution is -2.42. The van der Waals surface area contributed by atoms with E-state index in [0.717, 1.165) is 10.0 Å². The molecular weight excluding hydrogens is 338 g/mol. The Bertz CT molecular complexity index is 497. The molecule has 1 aromatic rings. The number of carbonyl (C=O) groups is 2. The molecule has 1 amide bonds. The predicted octanol–water partition coefficient (Wildman–Crippen LogP) is 1.94. The van der Waals surface area contributed by atoms with Gasteiger partial charge in [0.25, 0.3) is 0 Å². The van der Waals surface area contributed by atoms with Crippen LogP contribution in [0.3, 0.4) is 0 Å². The highest BCUT2D eigenvalue weighted by Gasteiger charge is 2.25. The van der Waals surface area contributed by atoms with E-state index < -0.39 is 11.9 Å². The van der Waals surface area contributed by atoms with E-state index in [0.29, 0.717) is 32.7 Å². The van der Waals surface area contributed by atoms with E-state index in [9.17, 15) is 14.7 Å². The fourth-order valence-corrected chi connectivity index (χ4v) is 2.57. The third-order valence-corrected chi connectivity index (χ3v) is 4.06. The monoisotopic (exact) mass is 355 g/mol. The summed E-state index contributed by atoms with van der Waals surface area (Å²) in [6.07, 6.45) is 0.393. The zero-order valence-electron chi connectivity index (χ0n) is 11.6. The lowest BCUT2D eigenvalue weighted by atomic mass is 9.95. The standard InChI is InChI=1S/C15H18BrNO4/c16-13-3-1-11(2-4-13)9-12(15(19)20)10-14(18)17-5-7-21-8-6-17/h1-4,12H,5-10H2,(H,19,20). The number of hydrogen-bond acceptors (Lipinski definition) is 3. The van der Waals surface area contributed by atoms with Crippen LogP contribution in [0.2, 0.25) is 0 Å². The predicted molar refractivity (Wildman–Crippen MR) is 81.0 cm³/mol. The Labute approximate surface area is 132 Å². The van der Waals surface area contributed by atoms with Crippen LogP contribution in [0.4, 0.5) is 0 Å². The smallest absolute Gasteiger partial charge is 0.307 e. The first-order chi connectivity index (χ1) is 10.1. The van der Waals surface area contributed by atoms with Gasteiger partial charge in [-0.2, -0.15) is 0 Å². The summed E-state index contributed by atoms with van der Waals surface area (Å²) in [6.45, 7) is 2.14. The molecule has 114 valence electrons. The highest BCUT2D eigenvalue weighted by Crippen LogP contribution is 2.17. The minimum atomic E-state index is -0.931. The molecule has 1 aliphatic rings. The van der Waals surface area contributed by atoms with Crippen molar-refractivity contribution >= 4 is 27.8 Å². The number of nitrogens with zero attached hydrogens (tertiary/aromatic N) is 1. The molecule has 21 heavy (non-hydrogen) atoms. The number of aliphatic carboxylic acids is 1. The van der Waals surface area contributed by atoms with Crippen molar-refractivity contribution in [2.24, 2.45) is 5.92 Å². The van der Waals surface area contributed by atoms with E-state index in [1.165, 1.54) is 0 Å². The van der Waals surface area contributed by atoms with Crippen LogP contribution < -0.4 is 0 Å². The lowest BCUT2D eigenvalue weighted by Gasteiger charge is -2.27. The average molecular weight is 356 g/mol. The topological polar surface area (TPSA) is 66.8 Å². The molecule has 1 aromatic carbocycles. The van der Waals surface area contributed by atoms with E-state index >= 15 is 0 Å². The molecule has 0 spiro atoms. The maximum absolute atomic E-state index is 12.2. The lowest BCUT2D eigenvalue weighted by molar-refractivity contribution is -0.147. The fourth-order valence-electron chi connectivity index (χ4n) is 2.30. The Morgan fingerprint density at radius 1 is 1.24 bits per heavy atom. The van der Waals surface area contributed by atoms with Crippen molar-refractivity contribution in [3.8, 4) is 0 Å². The first-order valence-corrected chi connectivity index (χ1v) is 7.68. The molecule has 5 nitrogen and oxygen atoms in total. The molecule has 1 atom stereocenters. The average Bonchev–Trinajstić information content (AvgIpc) is 2.49. The van der Waals surface area contributed by atoms with E-state index in [1.807, 2.05) is 24.3 Å². The van der Waals surface area contributed by atoms with Crippen LogP contribution in [-0.2, 0) is 20.7 Å². The van der Waals surface area contributed by atoms with Gasteiger partial charge in [0.15, 0.2) is 0 Å². The molecule has 1 saturated heterocycles. The van der Waals surface area contributed by atoms with Crippen LogP contribution in [0.25, 0.3) is 0 Å². The molecule has 1 N–H and O–H groups in total. The van der Waals surface area contributed by atoms with Gasteiger partial charge >= 0.3 is 5.97 Å². The van der Waals surface area contributed by atoms with Crippen molar-refractivity contribution < 1.29 is 19.4 Å². The highest BCUT2D eigenvalue weighted by atomic mass is 79.9. The van der Waals surface area contributed by atoms with Crippen molar-refractivity contribution in [2.45, 2.75) is 12.8 Å². The van der Waals surface area contributed by atoms with Crippen LogP contribution in [0.5, 0.6) is 0 Å². The van der Waals surface area contributed by atoms with Gasteiger partial charge in [-0.25, -0.2) is 0 Å². The van der Waals surface area contributed by atoms with Crippen molar-refractivity contribution in [1.82, 2.24) is 4.90 Å². The molecule has 1 unspecified atom stereocenters. The second-order valence-electron chi connectivity index (χ2n) is 5.06. The first kappa shape index (κ1) is 16.0. The van der Waals surface area contributed by atoms with Crippen LogP contribution in [0.1, 0.15) is 12.0 Å². The maximum atomic E-state index is 12.2. The number of carboxylic acid groups (broad SMARTS) is 1. The minimum absolute atomic E-state index is 0.0331. The van der Waals surface area contributed by atoms with E-state index in [-0.39, 0.29) is 12.3 Å². The summed E-state index contributed by atoms with van der Waals surface area (Å²) in [5.74, 6) is -1.73. The van der Waals surface area contributed by atoms with Crippen molar-refractivity contribution in [3.63, 3.8) is 0 Å². The van der Waals surface area contributed by atoms with Gasteiger partial charge in [0.2, 0.25) is 5.91 Å². The summed E-state index contributed by atoms with van der Waals surface area (Å²) in [6, 6.07) is 7.49. The van der Waals surface area contributed by atoms with Gasteiger partial charge in [0.1, 0.15) is 0 Å². The van der Waals surface area contributed by atoms with Gasteiger partial charge in [0.05, 0.1) is 19.1 Å². The van der Waals surface area contributed by atoms with Crippen molar-refractivity contribution in [1.29, 1.82) is 0 Å². The second kappa shape index (κ2) is 7.56. The number of carboxylic acids is 1. The van der Waals surface area contributed by atoms with Crippen LogP contribution in [0, 0.1) is 5.92 Å². The van der Waals surface area contributed by atoms with Crippen LogP contribution in [-0.4, -0.2) is 48.2 Å². The molecule has 0 aliphatic carbocycles. The Balaban J connectivity index is 1.96. The maximum Gasteiger partial charge on any atom is 0.307 e. The molecule has 0 saturated carbocycles. The number of benzene rings is 1. The zero-order chi connectivity index (χ0) is 15.2. The third-order valence-electron chi connectivity index (χ3n) is 3.53. The summed E-state index contributed by atoms with van der Waals surface area (Å²) in [7, 11) is 0. The summed E-state index contributed by atoms with van der Waals surface area (Å²) >= 11 is 3.34. The third kappa shape index (κ3) is 4.82. The largest absolute Gasteiger partial charge is 0.481 e. The van der Waals surface area contributed by atoms with E-state index in [1.54, 1.807) is 4.90 Å². The Morgan fingerprint density at radius 2 is 1.86 bits per heavy atom.